The number of rotatable bonds is 9. The molecule has 14 heteroatoms. The normalized spacial score (nSPS) is 14.4. The fraction of sp³-hybridized carbons (Fsp3) is 0.250. The third kappa shape index (κ3) is 4.77. The number of benzene rings is 3. The number of halogens is 9. The van der Waals surface area contributed by atoms with Gasteiger partial charge >= 0.3 is 33.4 Å². The van der Waals surface area contributed by atoms with Gasteiger partial charge in [0.25, 0.3) is 0 Å². The van der Waals surface area contributed by atoms with E-state index >= 15 is 0 Å². The summed E-state index contributed by atoms with van der Waals surface area (Å²) in [6, 6.07) is 18.7. The Kier molecular flexibility index (Phi) is 7.94. The van der Waals surface area contributed by atoms with E-state index in [1.54, 1.807) is 6.92 Å². The number of aryl methyl sites for hydroxylation is 1. The average Bonchev–Trinajstić information content (AvgIpc) is 2.87. The first-order chi connectivity index (χ1) is 17.5. The summed E-state index contributed by atoms with van der Waals surface area (Å²) in [5.74, 6) is -14.8. The Labute approximate surface area is 213 Å². The molecule has 0 fully saturated rings. The summed E-state index contributed by atoms with van der Waals surface area (Å²) in [5.41, 5.74) is 0.702. The summed E-state index contributed by atoms with van der Waals surface area (Å²) in [5, 5.41) is -7.01. The SMILES string of the molecule is CCc1ccc(S(OS(=O)(=O)C(F)(F)C(F)(F)C(F)(F)C(F)(F)F)(c2ccccc2)c2ccccc2)cc1. The van der Waals surface area contributed by atoms with Crippen LogP contribution in [0.4, 0.5) is 39.5 Å². The van der Waals surface area contributed by atoms with Crippen LogP contribution in [0, 0.1) is 0 Å². The molecule has 0 aliphatic rings. The van der Waals surface area contributed by atoms with Crippen LogP contribution < -0.4 is 0 Å². The highest BCUT2D eigenvalue weighted by molar-refractivity contribution is 8.33. The minimum absolute atomic E-state index is 0.127. The van der Waals surface area contributed by atoms with Crippen LogP contribution in [0.25, 0.3) is 0 Å². The predicted octanol–water partition coefficient (Wildman–Crippen LogP) is 8.22. The van der Waals surface area contributed by atoms with Crippen LogP contribution in [-0.4, -0.2) is 31.7 Å². The molecule has 3 aromatic carbocycles. The van der Waals surface area contributed by atoms with Crippen molar-refractivity contribution in [1.29, 1.82) is 0 Å². The van der Waals surface area contributed by atoms with Crippen molar-refractivity contribution < 1.29 is 51.6 Å². The number of hydrogen-bond acceptors (Lipinski definition) is 3. The Morgan fingerprint density at radius 3 is 1.37 bits per heavy atom. The first kappa shape index (κ1) is 29.8. The van der Waals surface area contributed by atoms with Gasteiger partial charge in [0.1, 0.15) is 0 Å². The standard InChI is InChI=1S/C24H19F9O3S2/c1-2-17-13-15-20(16-14-17)37(18-9-5-3-6-10-18,19-11-7-4-8-12-19)36-38(34,35)24(32,33)22(27,28)21(25,26)23(29,30)31/h3-16H,2H2,1H3. The first-order valence-electron chi connectivity index (χ1n) is 10.6. The maximum Gasteiger partial charge on any atom is 0.460 e. The van der Waals surface area contributed by atoms with Gasteiger partial charge in [0.15, 0.2) is 0 Å². The second-order valence-corrected chi connectivity index (χ2v) is 12.4. The highest BCUT2D eigenvalue weighted by Gasteiger charge is 2.86. The molecule has 0 saturated heterocycles. The summed E-state index contributed by atoms with van der Waals surface area (Å²) in [7, 11) is -11.2. The van der Waals surface area contributed by atoms with E-state index in [1.807, 2.05) is 0 Å². The maximum atomic E-state index is 14.8. The fourth-order valence-electron chi connectivity index (χ4n) is 3.36. The molecular weight excluding hydrogens is 571 g/mol. The summed E-state index contributed by atoms with van der Waals surface area (Å²) in [6.45, 7) is 1.77. The largest absolute Gasteiger partial charge is 0.460 e. The van der Waals surface area contributed by atoms with Gasteiger partial charge in [-0.15, -0.1) is 0 Å². The van der Waals surface area contributed by atoms with Crippen LogP contribution in [-0.2, 0) is 20.2 Å². The molecule has 3 nitrogen and oxygen atoms in total. The van der Waals surface area contributed by atoms with E-state index < -0.39 is 43.7 Å². The van der Waals surface area contributed by atoms with E-state index in [0.29, 0.717) is 12.0 Å². The van der Waals surface area contributed by atoms with E-state index in [9.17, 15) is 47.9 Å². The first-order valence-corrected chi connectivity index (χ1v) is 13.6. The Balaban J connectivity index is 2.35. The Bertz CT molecular complexity index is 1300. The molecule has 3 rings (SSSR count). The summed E-state index contributed by atoms with van der Waals surface area (Å²) < 4.78 is 153. The second-order valence-electron chi connectivity index (χ2n) is 7.87. The minimum atomic E-state index is -7.43. The minimum Gasteiger partial charge on any atom is -0.202 e. The third-order valence-electron chi connectivity index (χ3n) is 5.44. The molecule has 0 aliphatic carbocycles. The summed E-state index contributed by atoms with van der Waals surface area (Å²) in [4.78, 5) is -0.404. The Morgan fingerprint density at radius 2 is 1.00 bits per heavy atom. The summed E-state index contributed by atoms with van der Waals surface area (Å²) in [6.07, 6.45) is -6.70. The lowest BCUT2D eigenvalue weighted by molar-refractivity contribution is -0.382. The van der Waals surface area contributed by atoms with Gasteiger partial charge in [0.05, 0.1) is 0 Å². The van der Waals surface area contributed by atoms with Crippen LogP contribution in [0.1, 0.15) is 12.5 Å². The van der Waals surface area contributed by atoms with Gasteiger partial charge in [-0.3, -0.25) is 0 Å². The Morgan fingerprint density at radius 1 is 0.605 bits per heavy atom. The molecule has 0 saturated carbocycles. The zero-order valence-electron chi connectivity index (χ0n) is 19.2. The van der Waals surface area contributed by atoms with Gasteiger partial charge in [0.2, 0.25) is 0 Å². The molecule has 0 aliphatic heterocycles. The molecule has 38 heavy (non-hydrogen) atoms. The molecule has 0 unspecified atom stereocenters. The van der Waals surface area contributed by atoms with Crippen LogP contribution >= 0.6 is 10.3 Å². The van der Waals surface area contributed by atoms with Gasteiger partial charge in [0, 0.05) is 14.7 Å². The van der Waals surface area contributed by atoms with E-state index in [1.165, 1.54) is 84.9 Å². The van der Waals surface area contributed by atoms with Crippen LogP contribution in [0.3, 0.4) is 0 Å². The highest BCUT2D eigenvalue weighted by atomic mass is 32.3. The zero-order chi connectivity index (χ0) is 28.6. The lowest BCUT2D eigenvalue weighted by atomic mass is 10.1. The van der Waals surface area contributed by atoms with Crippen LogP contribution in [0.2, 0.25) is 0 Å². The topological polar surface area (TPSA) is 43.4 Å². The number of alkyl halides is 9. The fourth-order valence-corrected chi connectivity index (χ4v) is 8.58. The van der Waals surface area contributed by atoms with E-state index in [4.69, 9.17) is 3.63 Å². The Hall–Kier alpha value is -2.71. The third-order valence-corrected chi connectivity index (χ3v) is 10.7. The summed E-state index contributed by atoms with van der Waals surface area (Å²) >= 11 is 0. The zero-order valence-corrected chi connectivity index (χ0v) is 20.9. The second kappa shape index (κ2) is 10.1. The highest BCUT2D eigenvalue weighted by Crippen LogP contribution is 2.71. The predicted molar refractivity (Wildman–Crippen MR) is 122 cm³/mol. The molecule has 0 bridgehead atoms. The van der Waals surface area contributed by atoms with Crippen molar-refractivity contribution in [3.8, 4) is 0 Å². The van der Waals surface area contributed by atoms with Gasteiger partial charge in [-0.05, 0) is 58.7 Å². The van der Waals surface area contributed by atoms with Gasteiger partial charge in [-0.2, -0.15) is 47.9 Å². The molecule has 0 heterocycles. The lowest BCUT2D eigenvalue weighted by Crippen LogP contribution is -2.63. The van der Waals surface area contributed by atoms with Crippen molar-refractivity contribution in [2.75, 3.05) is 0 Å². The quantitative estimate of drug-likeness (QED) is 0.236. The van der Waals surface area contributed by atoms with E-state index in [-0.39, 0.29) is 14.7 Å². The van der Waals surface area contributed by atoms with Crippen LogP contribution in [0.15, 0.2) is 99.6 Å². The van der Waals surface area contributed by atoms with Crippen molar-refractivity contribution in [3.63, 3.8) is 0 Å². The van der Waals surface area contributed by atoms with Gasteiger partial charge in [-0.1, -0.05) is 55.5 Å². The van der Waals surface area contributed by atoms with Crippen LogP contribution in [0.5, 0.6) is 0 Å². The van der Waals surface area contributed by atoms with Crippen molar-refractivity contribution in [3.05, 3.63) is 90.5 Å². The van der Waals surface area contributed by atoms with Crippen molar-refractivity contribution >= 4 is 20.4 Å². The molecular formula is C24H19F9O3S2. The van der Waals surface area contributed by atoms with E-state index in [2.05, 4.69) is 0 Å². The van der Waals surface area contributed by atoms with Crippen molar-refractivity contribution in [2.24, 2.45) is 0 Å². The van der Waals surface area contributed by atoms with E-state index in [0.717, 1.165) is 0 Å². The lowest BCUT2D eigenvalue weighted by Gasteiger charge is -2.41. The van der Waals surface area contributed by atoms with Crippen molar-refractivity contribution in [2.45, 2.75) is 51.3 Å². The molecule has 0 aromatic heterocycles. The average molecular weight is 591 g/mol. The maximum absolute atomic E-state index is 14.8. The monoisotopic (exact) mass is 590 g/mol. The van der Waals surface area contributed by atoms with Gasteiger partial charge < -0.3 is 0 Å². The molecule has 3 aromatic rings. The van der Waals surface area contributed by atoms with Crippen molar-refractivity contribution in [1.82, 2.24) is 0 Å². The molecule has 0 N–H and O–H groups in total. The smallest absolute Gasteiger partial charge is 0.202 e. The molecule has 0 atom stereocenters. The molecule has 0 spiro atoms. The molecule has 0 radical (unpaired) electrons. The van der Waals surface area contributed by atoms with Gasteiger partial charge in [-0.25, -0.2) is 3.63 Å². The number of hydrogen-bond donors (Lipinski definition) is 0. The molecule has 208 valence electrons. The molecule has 0 amide bonds.